The molecular formula is C30H43NO6S. The molecule has 8 heteroatoms. The van der Waals surface area contributed by atoms with E-state index in [1.165, 1.54) is 17.2 Å². The van der Waals surface area contributed by atoms with E-state index in [9.17, 15) is 18.3 Å². The average Bonchev–Trinajstić information content (AvgIpc) is 2.84. The molecule has 1 aromatic carbocycles. The van der Waals surface area contributed by atoms with Crippen LogP contribution in [0.1, 0.15) is 68.2 Å². The molecule has 210 valence electrons. The first-order valence-electron chi connectivity index (χ1n) is 13.1. The van der Waals surface area contributed by atoms with Crippen molar-refractivity contribution in [3.8, 4) is 5.75 Å². The number of rotatable bonds is 11. The topological polar surface area (TPSA) is 104 Å². The van der Waals surface area contributed by atoms with Crippen molar-refractivity contribution in [2.45, 2.75) is 78.9 Å². The van der Waals surface area contributed by atoms with Crippen molar-refractivity contribution in [1.29, 1.82) is 0 Å². The molecule has 7 nitrogen and oxygen atoms in total. The SMILES string of the molecule is COc1cc(C)c(/C=C/C(C)=C/C=C/C(C)=C/C(=O)N(CC(O)CS(=O)(=O)O)C2CCCCC2)c(C)c1C. The van der Waals surface area contributed by atoms with E-state index in [1.54, 1.807) is 12.0 Å². The summed E-state index contributed by atoms with van der Waals surface area (Å²) in [6, 6.07) is 1.99. The molecule has 1 aliphatic rings. The Kier molecular flexibility index (Phi) is 12.0. The number of hydrogen-bond donors (Lipinski definition) is 2. The predicted octanol–water partition coefficient (Wildman–Crippen LogP) is 5.49. The van der Waals surface area contributed by atoms with Gasteiger partial charge in [-0.15, -0.1) is 0 Å². The van der Waals surface area contributed by atoms with Gasteiger partial charge in [0.15, 0.2) is 0 Å². The van der Waals surface area contributed by atoms with E-state index in [-0.39, 0.29) is 18.5 Å². The van der Waals surface area contributed by atoms with Gasteiger partial charge in [-0.3, -0.25) is 9.35 Å². The number of aliphatic hydroxyl groups is 1. The molecule has 2 N–H and O–H groups in total. The largest absolute Gasteiger partial charge is 0.496 e. The van der Waals surface area contributed by atoms with Gasteiger partial charge in [-0.2, -0.15) is 8.42 Å². The van der Waals surface area contributed by atoms with Crippen molar-refractivity contribution in [3.05, 3.63) is 69.8 Å². The Morgan fingerprint density at radius 3 is 2.37 bits per heavy atom. The van der Waals surface area contributed by atoms with Crippen molar-refractivity contribution in [2.75, 3.05) is 19.4 Å². The normalized spacial score (nSPS) is 16.8. The van der Waals surface area contributed by atoms with Crippen molar-refractivity contribution >= 4 is 22.1 Å². The number of carbonyl (C=O) groups is 1. The number of ether oxygens (including phenoxy) is 1. The highest BCUT2D eigenvalue weighted by molar-refractivity contribution is 7.85. The molecule has 0 heterocycles. The zero-order valence-corrected chi connectivity index (χ0v) is 24.3. The van der Waals surface area contributed by atoms with Crippen LogP contribution in [-0.4, -0.2) is 60.4 Å². The molecule has 1 saturated carbocycles. The highest BCUT2D eigenvalue weighted by Crippen LogP contribution is 2.28. The number of benzene rings is 1. The van der Waals surface area contributed by atoms with Gasteiger partial charge in [0.05, 0.1) is 13.2 Å². The number of allylic oxidation sites excluding steroid dienone is 6. The Hall–Kier alpha value is -2.68. The fourth-order valence-electron chi connectivity index (χ4n) is 4.82. The standard InChI is InChI=1S/C30H43NO6S/c1-21(15-16-28-23(3)18-29(37-6)25(5)24(28)4)11-10-12-22(2)17-30(33)31(26-13-8-7-9-14-26)19-27(32)20-38(34,35)36/h10-12,15-18,26-27,32H,7-9,13-14,19-20H2,1-6H3,(H,34,35,36)/b12-10+,16-15+,21-11+,22-17+. The molecule has 38 heavy (non-hydrogen) atoms. The first kappa shape index (κ1) is 31.5. The Balaban J connectivity index is 2.12. The van der Waals surface area contributed by atoms with Crippen LogP contribution < -0.4 is 4.74 Å². The third kappa shape index (κ3) is 9.89. The summed E-state index contributed by atoms with van der Waals surface area (Å²) in [6.45, 7) is 9.91. The highest BCUT2D eigenvalue weighted by Gasteiger charge is 2.27. The van der Waals surface area contributed by atoms with Crippen LogP contribution in [0.25, 0.3) is 6.08 Å². The molecule has 0 aliphatic heterocycles. The lowest BCUT2D eigenvalue weighted by Gasteiger charge is -2.35. The molecule has 1 aromatic rings. The van der Waals surface area contributed by atoms with Crippen LogP contribution >= 0.6 is 0 Å². The Labute approximate surface area is 228 Å². The number of methoxy groups -OCH3 is 1. The quantitative estimate of drug-likeness (QED) is 0.216. The molecule has 1 atom stereocenters. The molecule has 1 fully saturated rings. The average molecular weight is 546 g/mol. The lowest BCUT2D eigenvalue weighted by Crippen LogP contribution is -2.46. The summed E-state index contributed by atoms with van der Waals surface area (Å²) >= 11 is 0. The molecule has 0 spiro atoms. The van der Waals surface area contributed by atoms with Crippen LogP contribution in [0.5, 0.6) is 5.75 Å². The van der Waals surface area contributed by atoms with Crippen LogP contribution in [0.4, 0.5) is 0 Å². The van der Waals surface area contributed by atoms with Gasteiger partial charge in [0, 0.05) is 18.7 Å². The molecule has 1 unspecified atom stereocenters. The third-order valence-electron chi connectivity index (χ3n) is 7.02. The number of aliphatic hydroxyl groups excluding tert-OH is 1. The second kappa shape index (κ2) is 14.5. The molecule has 0 radical (unpaired) electrons. The van der Waals surface area contributed by atoms with Crippen LogP contribution in [0.15, 0.2) is 47.6 Å². The van der Waals surface area contributed by atoms with Crippen LogP contribution in [0, 0.1) is 20.8 Å². The Bertz CT molecular complexity index is 1200. The maximum Gasteiger partial charge on any atom is 0.267 e. The predicted molar refractivity (Wildman–Crippen MR) is 154 cm³/mol. The van der Waals surface area contributed by atoms with Gasteiger partial charge >= 0.3 is 0 Å². The lowest BCUT2D eigenvalue weighted by molar-refractivity contribution is -0.130. The van der Waals surface area contributed by atoms with Crippen LogP contribution in [0.2, 0.25) is 0 Å². The van der Waals surface area contributed by atoms with Crippen LogP contribution in [0.3, 0.4) is 0 Å². The van der Waals surface area contributed by atoms with Gasteiger partial charge in [-0.1, -0.05) is 55.2 Å². The van der Waals surface area contributed by atoms with Crippen molar-refractivity contribution in [1.82, 2.24) is 4.90 Å². The molecule has 1 amide bonds. The summed E-state index contributed by atoms with van der Waals surface area (Å²) < 4.78 is 36.9. The van der Waals surface area contributed by atoms with E-state index in [1.807, 2.05) is 38.1 Å². The van der Waals surface area contributed by atoms with Crippen molar-refractivity contribution < 1.29 is 27.6 Å². The van der Waals surface area contributed by atoms with E-state index in [0.29, 0.717) is 0 Å². The smallest absolute Gasteiger partial charge is 0.267 e. The molecular weight excluding hydrogens is 502 g/mol. The summed E-state index contributed by atoms with van der Waals surface area (Å²) in [5.41, 5.74) is 6.41. The third-order valence-corrected chi connectivity index (χ3v) is 7.83. The maximum absolute atomic E-state index is 13.1. The molecule has 1 aliphatic carbocycles. The highest BCUT2D eigenvalue weighted by atomic mass is 32.2. The summed E-state index contributed by atoms with van der Waals surface area (Å²) in [5, 5.41) is 10.2. The van der Waals surface area contributed by atoms with Crippen molar-refractivity contribution in [3.63, 3.8) is 0 Å². The fourth-order valence-corrected chi connectivity index (χ4v) is 5.41. The van der Waals surface area contributed by atoms with E-state index in [0.717, 1.165) is 60.1 Å². The Morgan fingerprint density at radius 1 is 1.11 bits per heavy atom. The van der Waals surface area contributed by atoms with Gasteiger partial charge in [-0.05, 0) is 81.4 Å². The number of amides is 1. The summed E-state index contributed by atoms with van der Waals surface area (Å²) in [6.07, 6.45) is 14.7. The summed E-state index contributed by atoms with van der Waals surface area (Å²) in [7, 11) is -2.65. The van der Waals surface area contributed by atoms with Gasteiger partial charge in [0.25, 0.3) is 10.1 Å². The van der Waals surface area contributed by atoms with Gasteiger partial charge in [0.2, 0.25) is 5.91 Å². The molecule has 2 rings (SSSR count). The van der Waals surface area contributed by atoms with Gasteiger partial charge in [-0.25, -0.2) is 0 Å². The van der Waals surface area contributed by atoms with Crippen LogP contribution in [-0.2, 0) is 14.9 Å². The zero-order valence-electron chi connectivity index (χ0n) is 23.5. The second-order valence-corrected chi connectivity index (χ2v) is 11.7. The van der Waals surface area contributed by atoms with E-state index >= 15 is 0 Å². The molecule has 0 aromatic heterocycles. The monoisotopic (exact) mass is 545 g/mol. The lowest BCUT2D eigenvalue weighted by atomic mass is 9.93. The number of carbonyl (C=O) groups excluding carboxylic acids is 1. The van der Waals surface area contributed by atoms with Gasteiger partial charge < -0.3 is 14.7 Å². The first-order chi connectivity index (χ1) is 17.8. The molecule has 0 bridgehead atoms. The number of nitrogens with zero attached hydrogens (tertiary/aromatic N) is 1. The van der Waals surface area contributed by atoms with Gasteiger partial charge in [0.1, 0.15) is 11.5 Å². The zero-order chi connectivity index (χ0) is 28.5. The van der Waals surface area contributed by atoms with E-state index < -0.39 is 22.0 Å². The number of aryl methyl sites for hydroxylation is 1. The molecule has 0 saturated heterocycles. The summed E-state index contributed by atoms with van der Waals surface area (Å²) in [5.74, 6) is -0.173. The minimum Gasteiger partial charge on any atom is -0.496 e. The minimum atomic E-state index is -4.33. The Morgan fingerprint density at radius 2 is 1.76 bits per heavy atom. The maximum atomic E-state index is 13.1. The van der Waals surface area contributed by atoms with E-state index in [2.05, 4.69) is 32.9 Å². The first-order valence-corrected chi connectivity index (χ1v) is 14.7. The summed E-state index contributed by atoms with van der Waals surface area (Å²) in [4.78, 5) is 14.7. The second-order valence-electron chi connectivity index (χ2n) is 10.2. The van der Waals surface area contributed by atoms with Crippen molar-refractivity contribution in [2.24, 2.45) is 0 Å². The van der Waals surface area contributed by atoms with E-state index in [4.69, 9.17) is 9.29 Å². The number of hydrogen-bond acceptors (Lipinski definition) is 5. The fraction of sp³-hybridized carbons (Fsp3) is 0.500. The minimum absolute atomic E-state index is 0.0545.